The minimum absolute atomic E-state index is 0.192. The molecule has 0 aliphatic carbocycles. The van der Waals surface area contributed by atoms with Crippen molar-refractivity contribution in [2.45, 2.75) is 13.0 Å². The lowest BCUT2D eigenvalue weighted by Gasteiger charge is -2.12. The zero-order valence-corrected chi connectivity index (χ0v) is 8.97. The smallest absolute Gasteiger partial charge is 0.405 e. The number of fused-ring (bicyclic) bond motifs is 1. The van der Waals surface area contributed by atoms with E-state index in [-0.39, 0.29) is 6.04 Å². The zero-order chi connectivity index (χ0) is 11.5. The number of hydrogen-bond donors (Lipinski definition) is 2. The Morgan fingerprint density at radius 1 is 1.19 bits per heavy atom. The first-order valence-electron chi connectivity index (χ1n) is 5.15. The summed E-state index contributed by atoms with van der Waals surface area (Å²) in [4.78, 5) is 10.5. The monoisotopic (exact) mass is 215 g/mol. The van der Waals surface area contributed by atoms with E-state index in [1.807, 2.05) is 49.4 Å². The van der Waals surface area contributed by atoms with E-state index in [2.05, 4.69) is 5.32 Å². The molecule has 0 radical (unpaired) electrons. The summed E-state index contributed by atoms with van der Waals surface area (Å²) in [5, 5.41) is 13.4. The number of hydrogen-bond acceptors (Lipinski definition) is 1. The van der Waals surface area contributed by atoms with Crippen molar-refractivity contribution in [3.8, 4) is 0 Å². The highest BCUT2D eigenvalue weighted by molar-refractivity contribution is 5.83. The van der Waals surface area contributed by atoms with Gasteiger partial charge in [0.15, 0.2) is 0 Å². The number of rotatable bonds is 2. The summed E-state index contributed by atoms with van der Waals surface area (Å²) in [6, 6.07) is 13.8. The highest BCUT2D eigenvalue weighted by atomic mass is 16.4. The van der Waals surface area contributed by atoms with Crippen LogP contribution in [-0.4, -0.2) is 11.2 Å². The largest absolute Gasteiger partial charge is 0.465 e. The van der Waals surface area contributed by atoms with Gasteiger partial charge in [-0.3, -0.25) is 0 Å². The van der Waals surface area contributed by atoms with Crippen LogP contribution in [0.3, 0.4) is 0 Å². The molecule has 2 aromatic rings. The van der Waals surface area contributed by atoms with Gasteiger partial charge in [0.1, 0.15) is 0 Å². The van der Waals surface area contributed by atoms with Crippen molar-refractivity contribution in [3.05, 3.63) is 48.0 Å². The van der Waals surface area contributed by atoms with Crippen LogP contribution in [0.15, 0.2) is 42.5 Å². The lowest BCUT2D eigenvalue weighted by Crippen LogP contribution is -2.24. The van der Waals surface area contributed by atoms with Gasteiger partial charge >= 0.3 is 6.09 Å². The van der Waals surface area contributed by atoms with Crippen LogP contribution in [-0.2, 0) is 0 Å². The SMILES string of the molecule is C[C@@H](NC(=O)O)c1ccc2ccccc2c1. The number of carbonyl (C=O) groups is 1. The minimum atomic E-state index is -0.999. The molecule has 16 heavy (non-hydrogen) atoms. The Kier molecular flexibility index (Phi) is 2.77. The molecule has 0 spiro atoms. The fourth-order valence-electron chi connectivity index (χ4n) is 1.75. The Bertz CT molecular complexity index is 522. The molecule has 0 aliphatic heterocycles. The third-order valence-electron chi connectivity index (χ3n) is 2.61. The van der Waals surface area contributed by atoms with Gasteiger partial charge in [-0.05, 0) is 29.3 Å². The molecule has 2 aromatic carbocycles. The van der Waals surface area contributed by atoms with E-state index in [1.54, 1.807) is 0 Å². The number of carboxylic acid groups (broad SMARTS) is 1. The molecule has 0 saturated heterocycles. The van der Waals surface area contributed by atoms with Crippen molar-refractivity contribution < 1.29 is 9.90 Å². The van der Waals surface area contributed by atoms with Gasteiger partial charge in [-0.1, -0.05) is 36.4 Å². The molecule has 82 valence electrons. The van der Waals surface area contributed by atoms with Gasteiger partial charge in [0.2, 0.25) is 0 Å². The summed E-state index contributed by atoms with van der Waals surface area (Å²) in [5.41, 5.74) is 0.973. The quantitative estimate of drug-likeness (QED) is 0.808. The van der Waals surface area contributed by atoms with E-state index in [1.165, 1.54) is 0 Å². The van der Waals surface area contributed by atoms with Crippen LogP contribution in [0, 0.1) is 0 Å². The number of amides is 1. The van der Waals surface area contributed by atoms with Gasteiger partial charge < -0.3 is 10.4 Å². The van der Waals surface area contributed by atoms with E-state index >= 15 is 0 Å². The first-order chi connectivity index (χ1) is 7.66. The van der Waals surface area contributed by atoms with Crippen molar-refractivity contribution in [2.24, 2.45) is 0 Å². The van der Waals surface area contributed by atoms with E-state index in [4.69, 9.17) is 5.11 Å². The predicted molar refractivity (Wildman–Crippen MR) is 63.5 cm³/mol. The third kappa shape index (κ3) is 2.14. The summed E-state index contributed by atoms with van der Waals surface area (Å²) in [5.74, 6) is 0. The maximum Gasteiger partial charge on any atom is 0.405 e. The van der Waals surface area contributed by atoms with Crippen molar-refractivity contribution in [1.29, 1.82) is 0 Å². The van der Waals surface area contributed by atoms with E-state index in [9.17, 15) is 4.79 Å². The van der Waals surface area contributed by atoms with E-state index in [0.29, 0.717) is 0 Å². The fraction of sp³-hybridized carbons (Fsp3) is 0.154. The normalized spacial score (nSPS) is 12.3. The van der Waals surface area contributed by atoms with Crippen molar-refractivity contribution in [3.63, 3.8) is 0 Å². The molecule has 0 aromatic heterocycles. The molecule has 2 rings (SSSR count). The van der Waals surface area contributed by atoms with Crippen LogP contribution >= 0.6 is 0 Å². The third-order valence-corrected chi connectivity index (χ3v) is 2.61. The topological polar surface area (TPSA) is 49.3 Å². The van der Waals surface area contributed by atoms with Gasteiger partial charge in [-0.15, -0.1) is 0 Å². The van der Waals surface area contributed by atoms with Crippen molar-refractivity contribution in [1.82, 2.24) is 5.32 Å². The van der Waals surface area contributed by atoms with Gasteiger partial charge in [0.05, 0.1) is 6.04 Å². The molecule has 0 bridgehead atoms. The zero-order valence-electron chi connectivity index (χ0n) is 8.97. The van der Waals surface area contributed by atoms with E-state index in [0.717, 1.165) is 16.3 Å². The predicted octanol–water partition coefficient (Wildman–Crippen LogP) is 3.17. The molecule has 3 heteroatoms. The molecule has 0 fully saturated rings. The molecule has 1 atom stereocenters. The average molecular weight is 215 g/mol. The summed E-state index contributed by atoms with van der Waals surface area (Å²) in [6.07, 6.45) is -0.999. The van der Waals surface area contributed by atoms with Gasteiger partial charge in [0.25, 0.3) is 0 Å². The second-order valence-corrected chi connectivity index (χ2v) is 3.78. The molecule has 0 aliphatic rings. The van der Waals surface area contributed by atoms with Crippen LogP contribution < -0.4 is 5.32 Å². The van der Waals surface area contributed by atoms with Crippen molar-refractivity contribution >= 4 is 16.9 Å². The van der Waals surface area contributed by atoms with Crippen LogP contribution in [0.25, 0.3) is 10.8 Å². The minimum Gasteiger partial charge on any atom is -0.465 e. The fourth-order valence-corrected chi connectivity index (χ4v) is 1.75. The molecule has 1 amide bonds. The van der Waals surface area contributed by atoms with Gasteiger partial charge in [-0.25, -0.2) is 4.79 Å². The average Bonchev–Trinajstić information content (AvgIpc) is 2.27. The molecule has 0 heterocycles. The number of benzene rings is 2. The Hall–Kier alpha value is -2.03. The molecular weight excluding hydrogens is 202 g/mol. The lowest BCUT2D eigenvalue weighted by molar-refractivity contribution is 0.191. The molecule has 2 N–H and O–H groups in total. The first kappa shape index (κ1) is 10.5. The van der Waals surface area contributed by atoms with Crippen LogP contribution in [0.5, 0.6) is 0 Å². The van der Waals surface area contributed by atoms with Crippen molar-refractivity contribution in [2.75, 3.05) is 0 Å². The highest BCUT2D eigenvalue weighted by Gasteiger charge is 2.07. The standard InChI is InChI=1S/C13H13NO2/c1-9(14-13(15)16)11-7-6-10-4-2-3-5-12(10)8-11/h2-9,14H,1H3,(H,15,16)/t9-/m1/s1. The maximum atomic E-state index is 10.5. The van der Waals surface area contributed by atoms with Crippen LogP contribution in [0.1, 0.15) is 18.5 Å². The Balaban J connectivity index is 2.35. The second kappa shape index (κ2) is 4.23. The Labute approximate surface area is 93.7 Å². The lowest BCUT2D eigenvalue weighted by atomic mass is 10.0. The second-order valence-electron chi connectivity index (χ2n) is 3.78. The molecule has 0 unspecified atom stereocenters. The Morgan fingerprint density at radius 2 is 1.88 bits per heavy atom. The summed E-state index contributed by atoms with van der Waals surface area (Å²) in [6.45, 7) is 1.83. The molecular formula is C13H13NO2. The van der Waals surface area contributed by atoms with Gasteiger partial charge in [-0.2, -0.15) is 0 Å². The summed E-state index contributed by atoms with van der Waals surface area (Å²) >= 11 is 0. The maximum absolute atomic E-state index is 10.5. The first-order valence-corrected chi connectivity index (χ1v) is 5.15. The number of nitrogens with one attached hydrogen (secondary N) is 1. The molecule has 3 nitrogen and oxygen atoms in total. The van der Waals surface area contributed by atoms with E-state index < -0.39 is 6.09 Å². The van der Waals surface area contributed by atoms with Crippen LogP contribution in [0.4, 0.5) is 4.79 Å². The summed E-state index contributed by atoms with van der Waals surface area (Å²) in [7, 11) is 0. The highest BCUT2D eigenvalue weighted by Crippen LogP contribution is 2.19. The van der Waals surface area contributed by atoms with Crippen LogP contribution in [0.2, 0.25) is 0 Å². The Morgan fingerprint density at radius 3 is 2.56 bits per heavy atom. The summed E-state index contributed by atoms with van der Waals surface area (Å²) < 4.78 is 0. The van der Waals surface area contributed by atoms with Gasteiger partial charge in [0, 0.05) is 0 Å². The molecule has 0 saturated carbocycles.